The molecule has 1 aromatic heterocycles. The van der Waals surface area contributed by atoms with E-state index in [1.165, 1.54) is 12.1 Å². The first-order valence-electron chi connectivity index (χ1n) is 5.12. The summed E-state index contributed by atoms with van der Waals surface area (Å²) in [5.41, 5.74) is 2.90. The molecule has 0 saturated carbocycles. The van der Waals surface area contributed by atoms with Gasteiger partial charge in [-0.2, -0.15) is 10.2 Å². The molecule has 0 fully saturated rings. The minimum Gasteiger partial charge on any atom is -0.466 e. The lowest BCUT2D eigenvalue weighted by Crippen LogP contribution is -2.11. The van der Waals surface area contributed by atoms with Crippen molar-refractivity contribution in [2.75, 3.05) is 12.0 Å². The third kappa shape index (κ3) is 4.92. The molecule has 0 aliphatic heterocycles. The summed E-state index contributed by atoms with van der Waals surface area (Å²) in [4.78, 5) is 21.8. The van der Waals surface area contributed by atoms with Crippen molar-refractivity contribution >= 4 is 17.5 Å². The zero-order valence-corrected chi connectivity index (χ0v) is 9.69. The highest BCUT2D eigenvalue weighted by atomic mass is 16.5. The lowest BCUT2D eigenvalue weighted by molar-refractivity contribution is -0.141. The molecular formula is C10H14N4O3. The van der Waals surface area contributed by atoms with Crippen molar-refractivity contribution < 1.29 is 9.53 Å². The molecule has 17 heavy (non-hydrogen) atoms. The number of hydrogen-bond donors (Lipinski definition) is 2. The number of rotatable bonds is 5. The smallest absolute Gasteiger partial charge is 0.311 e. The first-order valence-corrected chi connectivity index (χ1v) is 5.12. The van der Waals surface area contributed by atoms with Crippen LogP contribution in [0.25, 0.3) is 0 Å². The molecule has 0 unspecified atom stereocenters. The van der Waals surface area contributed by atoms with Crippen LogP contribution in [0.3, 0.4) is 0 Å². The maximum atomic E-state index is 11.1. The Morgan fingerprint density at radius 1 is 1.59 bits per heavy atom. The van der Waals surface area contributed by atoms with E-state index in [-0.39, 0.29) is 17.9 Å². The number of aromatic nitrogens is 2. The highest BCUT2D eigenvalue weighted by molar-refractivity contribution is 5.97. The zero-order valence-electron chi connectivity index (χ0n) is 9.69. The number of carbonyl (C=O) groups is 1. The van der Waals surface area contributed by atoms with Gasteiger partial charge in [0.1, 0.15) is 0 Å². The number of aromatic amines is 1. The van der Waals surface area contributed by atoms with E-state index in [0.29, 0.717) is 18.1 Å². The number of anilines is 1. The van der Waals surface area contributed by atoms with Gasteiger partial charge in [0.25, 0.3) is 5.56 Å². The molecule has 92 valence electrons. The van der Waals surface area contributed by atoms with Crippen LogP contribution < -0.4 is 11.0 Å². The average molecular weight is 238 g/mol. The van der Waals surface area contributed by atoms with Gasteiger partial charge < -0.3 is 4.74 Å². The molecule has 7 nitrogen and oxygen atoms in total. The molecule has 0 saturated heterocycles. The van der Waals surface area contributed by atoms with Crippen molar-refractivity contribution in [2.24, 2.45) is 5.10 Å². The van der Waals surface area contributed by atoms with Crippen LogP contribution in [0.2, 0.25) is 0 Å². The van der Waals surface area contributed by atoms with E-state index < -0.39 is 0 Å². The molecule has 1 heterocycles. The Bertz CT molecular complexity index is 446. The maximum Gasteiger partial charge on any atom is 0.311 e. The quantitative estimate of drug-likeness (QED) is 0.442. The summed E-state index contributed by atoms with van der Waals surface area (Å²) in [7, 11) is 0. The number of H-pyrrole nitrogens is 1. The molecule has 0 aromatic carbocycles. The molecule has 7 heteroatoms. The number of esters is 1. The Hall–Kier alpha value is -2.18. The van der Waals surface area contributed by atoms with Gasteiger partial charge in [-0.3, -0.25) is 15.0 Å². The second-order valence-electron chi connectivity index (χ2n) is 3.25. The molecule has 0 aliphatic carbocycles. The average Bonchev–Trinajstić information content (AvgIpc) is 2.28. The summed E-state index contributed by atoms with van der Waals surface area (Å²) in [6.45, 7) is 3.78. The van der Waals surface area contributed by atoms with Crippen LogP contribution in [0.4, 0.5) is 5.82 Å². The van der Waals surface area contributed by atoms with E-state index in [2.05, 4.69) is 20.7 Å². The van der Waals surface area contributed by atoms with Crippen LogP contribution >= 0.6 is 0 Å². The van der Waals surface area contributed by atoms with Crippen molar-refractivity contribution in [2.45, 2.75) is 20.3 Å². The third-order valence-electron chi connectivity index (χ3n) is 1.75. The zero-order chi connectivity index (χ0) is 12.7. The van der Waals surface area contributed by atoms with Crippen molar-refractivity contribution in [1.82, 2.24) is 10.2 Å². The van der Waals surface area contributed by atoms with Gasteiger partial charge in [-0.15, -0.1) is 0 Å². The predicted molar refractivity (Wildman–Crippen MR) is 62.8 cm³/mol. The normalized spacial score (nSPS) is 11.1. The highest BCUT2D eigenvalue weighted by Gasteiger charge is 2.03. The summed E-state index contributed by atoms with van der Waals surface area (Å²) in [5, 5.41) is 9.88. The molecule has 0 aliphatic rings. The summed E-state index contributed by atoms with van der Waals surface area (Å²) in [6.07, 6.45) is 0.115. The van der Waals surface area contributed by atoms with Gasteiger partial charge in [-0.1, -0.05) is 0 Å². The fourth-order valence-corrected chi connectivity index (χ4v) is 1.02. The lowest BCUT2D eigenvalue weighted by atomic mass is 10.3. The Morgan fingerprint density at radius 3 is 2.94 bits per heavy atom. The van der Waals surface area contributed by atoms with Crippen LogP contribution in [-0.2, 0) is 9.53 Å². The minimum absolute atomic E-state index is 0.115. The molecule has 0 radical (unpaired) electrons. The van der Waals surface area contributed by atoms with Crippen LogP contribution in [0.15, 0.2) is 22.0 Å². The molecule has 1 rings (SSSR count). The number of hydrogen-bond acceptors (Lipinski definition) is 6. The topological polar surface area (TPSA) is 96.4 Å². The Balaban J connectivity index is 2.50. The fourth-order valence-electron chi connectivity index (χ4n) is 1.02. The molecule has 0 spiro atoms. The van der Waals surface area contributed by atoms with Crippen molar-refractivity contribution in [3.63, 3.8) is 0 Å². The van der Waals surface area contributed by atoms with E-state index in [1.54, 1.807) is 13.8 Å². The number of hydrazone groups is 1. The van der Waals surface area contributed by atoms with Gasteiger partial charge in [-0.05, 0) is 19.9 Å². The second kappa shape index (κ2) is 6.41. The summed E-state index contributed by atoms with van der Waals surface area (Å²) in [5.74, 6) is 0.0674. The van der Waals surface area contributed by atoms with Crippen LogP contribution in [0.5, 0.6) is 0 Å². The van der Waals surface area contributed by atoms with Gasteiger partial charge in [0.2, 0.25) is 0 Å². The largest absolute Gasteiger partial charge is 0.466 e. The van der Waals surface area contributed by atoms with Crippen molar-refractivity contribution in [3.8, 4) is 0 Å². The van der Waals surface area contributed by atoms with E-state index in [4.69, 9.17) is 4.74 Å². The summed E-state index contributed by atoms with van der Waals surface area (Å²) in [6, 6.07) is 2.81. The number of carbonyl (C=O) groups excluding carboxylic acids is 1. The SMILES string of the molecule is CCOC(=O)C/C(C)=N\Nc1ccc(=O)[nH]n1. The Labute approximate surface area is 97.9 Å². The van der Waals surface area contributed by atoms with Gasteiger partial charge in [0.05, 0.1) is 13.0 Å². The van der Waals surface area contributed by atoms with Gasteiger partial charge in [0, 0.05) is 11.8 Å². The first-order chi connectivity index (χ1) is 8.11. The minimum atomic E-state index is -0.329. The number of nitrogens with zero attached hydrogens (tertiary/aromatic N) is 2. The van der Waals surface area contributed by atoms with Gasteiger partial charge in [0.15, 0.2) is 5.82 Å². The van der Waals surface area contributed by atoms with Crippen LogP contribution in [0.1, 0.15) is 20.3 Å². The van der Waals surface area contributed by atoms with Gasteiger partial charge >= 0.3 is 5.97 Å². The molecule has 0 bridgehead atoms. The van der Waals surface area contributed by atoms with E-state index >= 15 is 0 Å². The molecule has 1 aromatic rings. The van der Waals surface area contributed by atoms with Gasteiger partial charge in [-0.25, -0.2) is 5.10 Å². The summed E-state index contributed by atoms with van der Waals surface area (Å²) < 4.78 is 4.77. The number of ether oxygens (including phenoxy) is 1. The second-order valence-corrected chi connectivity index (χ2v) is 3.25. The monoisotopic (exact) mass is 238 g/mol. The molecule has 0 atom stereocenters. The molecule has 2 N–H and O–H groups in total. The highest BCUT2D eigenvalue weighted by Crippen LogP contribution is 1.97. The van der Waals surface area contributed by atoms with E-state index in [1.807, 2.05) is 0 Å². The third-order valence-corrected chi connectivity index (χ3v) is 1.75. The lowest BCUT2D eigenvalue weighted by Gasteiger charge is -2.02. The molecule has 0 amide bonds. The maximum absolute atomic E-state index is 11.1. The van der Waals surface area contributed by atoms with E-state index in [0.717, 1.165) is 0 Å². The standard InChI is InChI=1S/C10H14N4O3/c1-3-17-10(16)6-7(2)11-12-8-4-5-9(15)14-13-8/h4-5H,3,6H2,1-2H3,(H,12,13)(H,14,15)/b11-7-. The van der Waals surface area contributed by atoms with Crippen molar-refractivity contribution in [1.29, 1.82) is 0 Å². The van der Waals surface area contributed by atoms with Crippen LogP contribution in [0, 0.1) is 0 Å². The van der Waals surface area contributed by atoms with Crippen LogP contribution in [-0.4, -0.2) is 28.5 Å². The van der Waals surface area contributed by atoms with Crippen molar-refractivity contribution in [3.05, 3.63) is 22.5 Å². The predicted octanol–water partition coefficient (Wildman–Crippen LogP) is 0.511. The Kier molecular flexibility index (Phi) is 4.86. The fraction of sp³-hybridized carbons (Fsp3) is 0.400. The molecular weight excluding hydrogens is 224 g/mol. The Morgan fingerprint density at radius 2 is 2.35 bits per heavy atom. The van der Waals surface area contributed by atoms with E-state index in [9.17, 15) is 9.59 Å². The number of nitrogens with one attached hydrogen (secondary N) is 2. The summed E-state index contributed by atoms with van der Waals surface area (Å²) >= 11 is 0. The first kappa shape index (κ1) is 12.9.